The Morgan fingerprint density at radius 2 is 1.87 bits per heavy atom. The Bertz CT molecular complexity index is 796. The number of nitrogens with zero attached hydrogens (tertiary/aromatic N) is 1. The van der Waals surface area contributed by atoms with Gasteiger partial charge in [0.25, 0.3) is 0 Å². The zero-order valence-electron chi connectivity index (χ0n) is 12.7. The van der Waals surface area contributed by atoms with Crippen LogP contribution in [0.4, 0.5) is 0 Å². The number of aromatic nitrogens is 1. The lowest BCUT2D eigenvalue weighted by atomic mass is 10.2. The van der Waals surface area contributed by atoms with Crippen molar-refractivity contribution in [1.82, 2.24) is 4.98 Å². The first-order valence-electron chi connectivity index (χ1n) is 7.25. The van der Waals surface area contributed by atoms with E-state index < -0.39 is 0 Å². The predicted molar refractivity (Wildman–Crippen MR) is 85.0 cm³/mol. The summed E-state index contributed by atoms with van der Waals surface area (Å²) in [5.41, 5.74) is 1.98. The zero-order valence-corrected chi connectivity index (χ0v) is 12.7. The number of phenols is 1. The van der Waals surface area contributed by atoms with E-state index in [0.717, 1.165) is 5.56 Å². The molecule has 0 spiro atoms. The van der Waals surface area contributed by atoms with E-state index in [-0.39, 0.29) is 19.0 Å². The van der Waals surface area contributed by atoms with Crippen molar-refractivity contribution in [2.24, 2.45) is 0 Å². The molecule has 1 heterocycles. The molecule has 0 fully saturated rings. The van der Waals surface area contributed by atoms with Crippen molar-refractivity contribution in [3.05, 3.63) is 65.5 Å². The summed E-state index contributed by atoms with van der Waals surface area (Å²) >= 11 is 0. The van der Waals surface area contributed by atoms with Crippen LogP contribution >= 0.6 is 0 Å². The maximum atomic E-state index is 9.99. The molecular weight excluding hydrogens is 294 g/mol. The first-order chi connectivity index (χ1) is 11.2. The molecule has 0 aliphatic heterocycles. The molecule has 0 radical (unpaired) electrons. The Morgan fingerprint density at radius 3 is 2.61 bits per heavy atom. The molecule has 0 saturated heterocycles. The van der Waals surface area contributed by atoms with Crippen LogP contribution in [-0.2, 0) is 13.2 Å². The molecule has 23 heavy (non-hydrogen) atoms. The van der Waals surface area contributed by atoms with Crippen LogP contribution < -0.4 is 4.74 Å². The fourth-order valence-electron chi connectivity index (χ4n) is 2.22. The molecule has 2 N–H and O–H groups in total. The minimum Gasteiger partial charge on any atom is -0.504 e. The Balaban J connectivity index is 1.78. The Kier molecular flexibility index (Phi) is 4.30. The molecule has 3 rings (SSSR count). The third kappa shape index (κ3) is 3.19. The molecule has 0 aliphatic carbocycles. The standard InChI is InChI=1S/C18H17NO4/c1-12-15(19-18(23-12)13-6-3-2-4-7-13)11-22-16-9-5-8-14(10-20)17(16)21/h2-9,20-21H,10-11H2,1H3. The summed E-state index contributed by atoms with van der Waals surface area (Å²) in [4.78, 5) is 4.44. The smallest absolute Gasteiger partial charge is 0.226 e. The van der Waals surface area contributed by atoms with Gasteiger partial charge < -0.3 is 19.4 Å². The number of aliphatic hydroxyl groups excluding tert-OH is 1. The maximum Gasteiger partial charge on any atom is 0.226 e. The van der Waals surface area contributed by atoms with Crippen LogP contribution in [-0.4, -0.2) is 15.2 Å². The van der Waals surface area contributed by atoms with E-state index in [9.17, 15) is 5.11 Å². The summed E-state index contributed by atoms with van der Waals surface area (Å²) in [6, 6.07) is 14.6. The van der Waals surface area contributed by atoms with Crippen LogP contribution in [0.3, 0.4) is 0 Å². The van der Waals surface area contributed by atoms with Gasteiger partial charge in [0.2, 0.25) is 5.89 Å². The van der Waals surface area contributed by atoms with E-state index in [0.29, 0.717) is 28.7 Å². The first-order valence-corrected chi connectivity index (χ1v) is 7.25. The van der Waals surface area contributed by atoms with E-state index in [4.69, 9.17) is 14.3 Å². The summed E-state index contributed by atoms with van der Waals surface area (Å²) in [7, 11) is 0. The number of rotatable bonds is 5. The normalized spacial score (nSPS) is 10.7. The third-order valence-electron chi connectivity index (χ3n) is 3.53. The lowest BCUT2D eigenvalue weighted by Gasteiger charge is -2.09. The molecular formula is C18H17NO4. The van der Waals surface area contributed by atoms with Gasteiger partial charge in [-0.3, -0.25) is 0 Å². The molecule has 2 aromatic carbocycles. The van der Waals surface area contributed by atoms with Crippen LogP contribution in [0.15, 0.2) is 52.9 Å². The molecule has 0 atom stereocenters. The van der Waals surface area contributed by atoms with Crippen molar-refractivity contribution in [3.63, 3.8) is 0 Å². The molecule has 1 aromatic heterocycles. The summed E-state index contributed by atoms with van der Waals surface area (Å²) in [6.45, 7) is 1.75. The van der Waals surface area contributed by atoms with Crippen LogP contribution in [0, 0.1) is 6.92 Å². The zero-order chi connectivity index (χ0) is 16.2. The van der Waals surface area contributed by atoms with Gasteiger partial charge in [-0.15, -0.1) is 0 Å². The molecule has 0 amide bonds. The fourth-order valence-corrected chi connectivity index (χ4v) is 2.22. The van der Waals surface area contributed by atoms with Gasteiger partial charge in [0.1, 0.15) is 18.1 Å². The first kappa shape index (κ1) is 15.1. The minimum absolute atomic E-state index is 0.0561. The van der Waals surface area contributed by atoms with Crippen molar-refractivity contribution >= 4 is 0 Å². The van der Waals surface area contributed by atoms with Crippen LogP contribution in [0.25, 0.3) is 11.5 Å². The van der Waals surface area contributed by atoms with Gasteiger partial charge in [-0.1, -0.05) is 30.3 Å². The molecule has 5 heteroatoms. The van der Waals surface area contributed by atoms with Crippen molar-refractivity contribution in [1.29, 1.82) is 0 Å². The number of ether oxygens (including phenoxy) is 1. The number of aromatic hydroxyl groups is 1. The number of hydrogen-bond donors (Lipinski definition) is 2. The Morgan fingerprint density at radius 1 is 1.09 bits per heavy atom. The molecule has 0 bridgehead atoms. The quantitative estimate of drug-likeness (QED) is 0.755. The second kappa shape index (κ2) is 6.54. The van der Waals surface area contributed by atoms with Crippen LogP contribution in [0.5, 0.6) is 11.5 Å². The van der Waals surface area contributed by atoms with Gasteiger partial charge in [-0.05, 0) is 25.1 Å². The third-order valence-corrected chi connectivity index (χ3v) is 3.53. The van der Waals surface area contributed by atoms with E-state index in [2.05, 4.69) is 4.98 Å². The van der Waals surface area contributed by atoms with Crippen molar-refractivity contribution in [2.75, 3.05) is 0 Å². The SMILES string of the molecule is Cc1oc(-c2ccccc2)nc1COc1cccc(CO)c1O. The monoisotopic (exact) mass is 311 g/mol. The largest absolute Gasteiger partial charge is 0.504 e. The van der Waals surface area contributed by atoms with Crippen molar-refractivity contribution in [2.45, 2.75) is 20.1 Å². The summed E-state index contributed by atoms with van der Waals surface area (Å²) < 4.78 is 11.3. The summed E-state index contributed by atoms with van der Waals surface area (Å²) in [5.74, 6) is 1.45. The Hall–Kier alpha value is -2.79. The van der Waals surface area contributed by atoms with Gasteiger partial charge in [-0.2, -0.15) is 0 Å². The predicted octanol–water partition coefficient (Wildman–Crippen LogP) is 3.43. The number of para-hydroxylation sites is 1. The van der Waals surface area contributed by atoms with E-state index in [1.54, 1.807) is 18.2 Å². The average Bonchev–Trinajstić information content (AvgIpc) is 2.96. The number of benzene rings is 2. The lowest BCUT2D eigenvalue weighted by Crippen LogP contribution is -1.99. The van der Waals surface area contributed by atoms with Gasteiger partial charge in [-0.25, -0.2) is 4.98 Å². The summed E-state index contributed by atoms with van der Waals surface area (Å²) in [6.07, 6.45) is 0. The highest BCUT2D eigenvalue weighted by Gasteiger charge is 2.13. The number of oxazole rings is 1. The molecule has 118 valence electrons. The van der Waals surface area contributed by atoms with Crippen LogP contribution in [0.2, 0.25) is 0 Å². The van der Waals surface area contributed by atoms with Crippen molar-refractivity contribution < 1.29 is 19.4 Å². The minimum atomic E-state index is -0.246. The molecule has 0 aliphatic rings. The van der Waals surface area contributed by atoms with E-state index >= 15 is 0 Å². The lowest BCUT2D eigenvalue weighted by molar-refractivity contribution is 0.261. The van der Waals surface area contributed by atoms with Crippen LogP contribution in [0.1, 0.15) is 17.0 Å². The van der Waals surface area contributed by atoms with Gasteiger partial charge in [0.05, 0.1) is 6.61 Å². The average molecular weight is 311 g/mol. The number of aliphatic hydroxyl groups is 1. The summed E-state index contributed by atoms with van der Waals surface area (Å²) in [5, 5.41) is 19.1. The van der Waals surface area contributed by atoms with Gasteiger partial charge in [0.15, 0.2) is 11.5 Å². The second-order valence-corrected chi connectivity index (χ2v) is 5.10. The van der Waals surface area contributed by atoms with Gasteiger partial charge >= 0.3 is 0 Å². The van der Waals surface area contributed by atoms with E-state index in [1.807, 2.05) is 37.3 Å². The molecule has 5 nitrogen and oxygen atoms in total. The highest BCUT2D eigenvalue weighted by Crippen LogP contribution is 2.31. The topological polar surface area (TPSA) is 75.7 Å². The van der Waals surface area contributed by atoms with E-state index in [1.165, 1.54) is 0 Å². The highest BCUT2D eigenvalue weighted by atomic mass is 16.5. The number of hydrogen-bond acceptors (Lipinski definition) is 5. The Labute approximate surface area is 133 Å². The fraction of sp³-hybridized carbons (Fsp3) is 0.167. The van der Waals surface area contributed by atoms with Gasteiger partial charge in [0, 0.05) is 11.1 Å². The molecule has 0 saturated carbocycles. The second-order valence-electron chi connectivity index (χ2n) is 5.10. The maximum absolute atomic E-state index is 9.99. The number of aryl methyl sites for hydroxylation is 1. The molecule has 3 aromatic rings. The molecule has 0 unspecified atom stereocenters. The van der Waals surface area contributed by atoms with Crippen molar-refractivity contribution in [3.8, 4) is 23.0 Å². The highest BCUT2D eigenvalue weighted by molar-refractivity contribution is 5.53.